The highest BCUT2D eigenvalue weighted by atomic mass is 79.9. The van der Waals surface area contributed by atoms with Gasteiger partial charge in [-0.05, 0) is 49.2 Å². The number of hydrogen-bond donors (Lipinski definition) is 1. The molecule has 1 rings (SSSR count). The van der Waals surface area contributed by atoms with Crippen molar-refractivity contribution in [2.75, 3.05) is 13.7 Å². The second-order valence-corrected chi connectivity index (χ2v) is 6.60. The number of halogens is 1. The zero-order valence-electron chi connectivity index (χ0n) is 13.6. The predicted octanol–water partition coefficient (Wildman–Crippen LogP) is 3.08. The van der Waals surface area contributed by atoms with Crippen molar-refractivity contribution in [3.63, 3.8) is 0 Å². The van der Waals surface area contributed by atoms with Crippen LogP contribution in [0.1, 0.15) is 45.5 Å². The number of nitrogens with zero attached hydrogens (tertiary/aromatic N) is 2. The standard InChI is InChI=1S/C15H28BrN3O/c1-7-12-14(16)13(19(5)18-12)9-11(17-8-2)10-15(3,4)20-6/h11,17H,7-10H2,1-6H3. The monoisotopic (exact) mass is 345 g/mol. The van der Waals surface area contributed by atoms with Gasteiger partial charge in [0.1, 0.15) is 0 Å². The van der Waals surface area contributed by atoms with Crippen LogP contribution in [0.15, 0.2) is 4.47 Å². The van der Waals surface area contributed by atoms with Gasteiger partial charge in [0.2, 0.25) is 0 Å². The fourth-order valence-corrected chi connectivity index (χ4v) is 3.24. The minimum atomic E-state index is -0.120. The molecule has 20 heavy (non-hydrogen) atoms. The number of methoxy groups -OCH3 is 1. The molecule has 0 saturated heterocycles. The van der Waals surface area contributed by atoms with Gasteiger partial charge in [0.15, 0.2) is 0 Å². The average Bonchev–Trinajstić information content (AvgIpc) is 2.66. The Bertz CT molecular complexity index is 429. The van der Waals surface area contributed by atoms with Gasteiger partial charge in [0.05, 0.1) is 21.5 Å². The van der Waals surface area contributed by atoms with Crippen molar-refractivity contribution in [3.8, 4) is 0 Å². The zero-order valence-corrected chi connectivity index (χ0v) is 15.2. The van der Waals surface area contributed by atoms with Crippen molar-refractivity contribution in [1.29, 1.82) is 0 Å². The third-order valence-electron chi connectivity index (χ3n) is 3.73. The first-order chi connectivity index (χ1) is 9.34. The Morgan fingerprint density at radius 3 is 2.50 bits per heavy atom. The molecular weight excluding hydrogens is 318 g/mol. The van der Waals surface area contributed by atoms with Gasteiger partial charge in [-0.2, -0.15) is 5.10 Å². The SMILES string of the molecule is CCNC(Cc1c(Br)c(CC)nn1C)CC(C)(C)OC. The summed E-state index contributed by atoms with van der Waals surface area (Å²) in [6.07, 6.45) is 2.87. The van der Waals surface area contributed by atoms with Crippen LogP contribution >= 0.6 is 15.9 Å². The molecule has 0 saturated carbocycles. The highest BCUT2D eigenvalue weighted by molar-refractivity contribution is 9.10. The van der Waals surface area contributed by atoms with E-state index >= 15 is 0 Å². The number of hydrogen-bond acceptors (Lipinski definition) is 3. The maximum absolute atomic E-state index is 5.56. The largest absolute Gasteiger partial charge is 0.379 e. The Balaban J connectivity index is 2.88. The van der Waals surface area contributed by atoms with Crippen molar-refractivity contribution < 1.29 is 4.74 Å². The third-order valence-corrected chi connectivity index (χ3v) is 4.64. The van der Waals surface area contributed by atoms with Crippen LogP contribution in [0.4, 0.5) is 0 Å². The van der Waals surface area contributed by atoms with Crippen molar-refractivity contribution in [2.45, 2.75) is 58.6 Å². The normalized spacial score (nSPS) is 13.8. The molecule has 1 heterocycles. The first-order valence-corrected chi connectivity index (χ1v) is 8.12. The summed E-state index contributed by atoms with van der Waals surface area (Å²) >= 11 is 3.70. The molecule has 0 aliphatic rings. The quantitative estimate of drug-likeness (QED) is 0.786. The number of nitrogens with one attached hydrogen (secondary N) is 1. The lowest BCUT2D eigenvalue weighted by Gasteiger charge is -2.29. The van der Waals surface area contributed by atoms with Gasteiger partial charge >= 0.3 is 0 Å². The Morgan fingerprint density at radius 2 is 2.05 bits per heavy atom. The van der Waals surface area contributed by atoms with Gasteiger partial charge in [-0.15, -0.1) is 0 Å². The summed E-state index contributed by atoms with van der Waals surface area (Å²) in [6.45, 7) is 9.50. The third kappa shape index (κ3) is 4.57. The van der Waals surface area contributed by atoms with Crippen molar-refractivity contribution in [2.24, 2.45) is 7.05 Å². The summed E-state index contributed by atoms with van der Waals surface area (Å²) in [5.41, 5.74) is 2.26. The molecule has 1 unspecified atom stereocenters. The van der Waals surface area contributed by atoms with Crippen LogP contribution in [-0.4, -0.2) is 35.1 Å². The van der Waals surface area contributed by atoms with E-state index in [0.717, 1.165) is 36.0 Å². The first-order valence-electron chi connectivity index (χ1n) is 7.33. The van der Waals surface area contributed by atoms with Crippen LogP contribution in [-0.2, 0) is 24.6 Å². The van der Waals surface area contributed by atoms with Crippen LogP contribution in [0.5, 0.6) is 0 Å². The molecule has 4 nitrogen and oxygen atoms in total. The van der Waals surface area contributed by atoms with Gasteiger partial charge in [0.25, 0.3) is 0 Å². The fraction of sp³-hybridized carbons (Fsp3) is 0.800. The van der Waals surface area contributed by atoms with E-state index in [1.165, 1.54) is 5.69 Å². The number of rotatable bonds is 8. The molecule has 0 aromatic carbocycles. The van der Waals surface area contributed by atoms with Crippen LogP contribution in [0, 0.1) is 0 Å². The highest BCUT2D eigenvalue weighted by Gasteiger charge is 2.24. The molecule has 116 valence electrons. The van der Waals surface area contributed by atoms with E-state index in [0.29, 0.717) is 6.04 Å². The second-order valence-electron chi connectivity index (χ2n) is 5.81. The lowest BCUT2D eigenvalue weighted by atomic mass is 9.95. The van der Waals surface area contributed by atoms with Crippen LogP contribution in [0.2, 0.25) is 0 Å². The second kappa shape index (κ2) is 7.57. The maximum atomic E-state index is 5.56. The van der Waals surface area contributed by atoms with Gasteiger partial charge in [-0.3, -0.25) is 4.68 Å². The molecule has 5 heteroatoms. The van der Waals surface area contributed by atoms with Crippen molar-refractivity contribution >= 4 is 15.9 Å². The predicted molar refractivity (Wildman–Crippen MR) is 87.2 cm³/mol. The molecule has 1 N–H and O–H groups in total. The smallest absolute Gasteiger partial charge is 0.0766 e. The van der Waals surface area contributed by atoms with E-state index < -0.39 is 0 Å². The number of aryl methyl sites for hydroxylation is 2. The zero-order chi connectivity index (χ0) is 15.3. The molecule has 0 radical (unpaired) electrons. The summed E-state index contributed by atoms with van der Waals surface area (Å²) in [6, 6.07) is 0.381. The maximum Gasteiger partial charge on any atom is 0.0766 e. The van der Waals surface area contributed by atoms with E-state index in [-0.39, 0.29) is 5.60 Å². The number of aromatic nitrogens is 2. The van der Waals surface area contributed by atoms with Crippen LogP contribution in [0.3, 0.4) is 0 Å². The van der Waals surface area contributed by atoms with Gasteiger partial charge in [-0.25, -0.2) is 0 Å². The lowest BCUT2D eigenvalue weighted by molar-refractivity contribution is 0.00711. The Morgan fingerprint density at radius 1 is 1.40 bits per heavy atom. The summed E-state index contributed by atoms with van der Waals surface area (Å²) < 4.78 is 8.71. The Kier molecular flexibility index (Phi) is 6.69. The molecule has 0 bridgehead atoms. The van der Waals surface area contributed by atoms with Gasteiger partial charge in [-0.1, -0.05) is 13.8 Å². The fourth-order valence-electron chi connectivity index (χ4n) is 2.46. The molecule has 1 aromatic rings. The molecule has 0 amide bonds. The number of ether oxygens (including phenoxy) is 1. The molecule has 0 aliphatic heterocycles. The van der Waals surface area contributed by atoms with E-state index in [1.54, 1.807) is 7.11 Å². The van der Waals surface area contributed by atoms with Crippen molar-refractivity contribution in [3.05, 3.63) is 15.9 Å². The molecule has 0 spiro atoms. The van der Waals surface area contributed by atoms with E-state index in [4.69, 9.17) is 4.74 Å². The van der Waals surface area contributed by atoms with Gasteiger partial charge in [0, 0.05) is 26.6 Å². The van der Waals surface area contributed by atoms with E-state index in [9.17, 15) is 0 Å². The summed E-state index contributed by atoms with van der Waals surface area (Å²) in [5.74, 6) is 0. The Hall–Kier alpha value is -0.390. The molecule has 0 aliphatic carbocycles. The minimum absolute atomic E-state index is 0.120. The van der Waals surface area contributed by atoms with Crippen LogP contribution in [0.25, 0.3) is 0 Å². The first kappa shape index (κ1) is 17.7. The Labute approximate surface area is 131 Å². The minimum Gasteiger partial charge on any atom is -0.379 e. The molecule has 0 fully saturated rings. The number of likely N-dealkylation sites (N-methyl/N-ethyl adjacent to an activating group) is 1. The summed E-state index contributed by atoms with van der Waals surface area (Å²) in [7, 11) is 3.79. The van der Waals surface area contributed by atoms with Crippen molar-refractivity contribution in [1.82, 2.24) is 15.1 Å². The van der Waals surface area contributed by atoms with E-state index in [1.807, 2.05) is 11.7 Å². The highest BCUT2D eigenvalue weighted by Crippen LogP contribution is 2.25. The lowest BCUT2D eigenvalue weighted by Crippen LogP contribution is -2.39. The topological polar surface area (TPSA) is 39.1 Å². The molecule has 1 aromatic heterocycles. The molecule has 1 atom stereocenters. The van der Waals surface area contributed by atoms with E-state index in [2.05, 4.69) is 54.0 Å². The molecular formula is C15H28BrN3O. The van der Waals surface area contributed by atoms with Crippen LogP contribution < -0.4 is 5.32 Å². The average molecular weight is 346 g/mol. The van der Waals surface area contributed by atoms with Gasteiger partial charge < -0.3 is 10.1 Å². The summed E-state index contributed by atoms with van der Waals surface area (Å²) in [5, 5.41) is 8.13. The summed E-state index contributed by atoms with van der Waals surface area (Å²) in [4.78, 5) is 0.